The molecule has 0 aromatic rings. The van der Waals surface area contributed by atoms with Gasteiger partial charge in [0.05, 0.1) is 19.2 Å². The maximum absolute atomic E-state index is 5.55. The van der Waals surface area contributed by atoms with Crippen molar-refractivity contribution in [1.29, 1.82) is 0 Å². The first-order valence-corrected chi connectivity index (χ1v) is 3.33. The second kappa shape index (κ2) is 5.30. The Kier molecular flexibility index (Phi) is 5.59. The zero-order valence-corrected chi connectivity index (χ0v) is 6.75. The summed E-state index contributed by atoms with van der Waals surface area (Å²) in [5, 5.41) is 0. The van der Waals surface area contributed by atoms with E-state index in [0.29, 0.717) is 6.00 Å². The number of halogens is 2. The second-order valence-electron chi connectivity index (χ2n) is 1.85. The van der Waals surface area contributed by atoms with E-state index in [-0.39, 0.29) is 12.4 Å². The minimum Gasteiger partial charge on any atom is -0.379 e. The zero-order chi connectivity index (χ0) is 5.82. The van der Waals surface area contributed by atoms with E-state index >= 15 is 0 Å². The third-order valence-corrected chi connectivity index (χ3v) is 1.61. The van der Waals surface area contributed by atoms with Crippen molar-refractivity contribution in [3.63, 3.8) is 0 Å². The Balaban J connectivity index is 0.000000640. The SMILES string of the molecule is Cl.ClCN1CCOCC1. The van der Waals surface area contributed by atoms with Crippen molar-refractivity contribution in [2.24, 2.45) is 0 Å². The summed E-state index contributed by atoms with van der Waals surface area (Å²) in [6.45, 7) is 3.66. The molecule has 0 spiro atoms. The number of hydrogen-bond acceptors (Lipinski definition) is 2. The first-order valence-electron chi connectivity index (χ1n) is 2.79. The van der Waals surface area contributed by atoms with Gasteiger partial charge < -0.3 is 4.74 Å². The first-order chi connectivity index (χ1) is 3.93. The predicted molar refractivity (Wildman–Crippen MR) is 40.4 cm³/mol. The molecule has 1 fully saturated rings. The quantitative estimate of drug-likeness (QED) is 0.431. The monoisotopic (exact) mass is 171 g/mol. The standard InChI is InChI=1S/C5H10ClNO.ClH/c6-5-7-1-3-8-4-2-7;/h1-5H2;1H. The molecule has 0 aromatic heterocycles. The van der Waals surface area contributed by atoms with Crippen LogP contribution in [0.25, 0.3) is 0 Å². The van der Waals surface area contributed by atoms with Crippen LogP contribution >= 0.6 is 24.0 Å². The van der Waals surface area contributed by atoms with Crippen LogP contribution in [0.15, 0.2) is 0 Å². The highest BCUT2D eigenvalue weighted by molar-refractivity contribution is 6.17. The molecule has 56 valence electrons. The van der Waals surface area contributed by atoms with Crippen molar-refractivity contribution in [1.82, 2.24) is 4.90 Å². The molecule has 0 saturated carbocycles. The molecule has 4 heteroatoms. The fourth-order valence-electron chi connectivity index (χ4n) is 0.721. The Morgan fingerprint density at radius 3 is 2.22 bits per heavy atom. The van der Waals surface area contributed by atoms with Gasteiger partial charge in [-0.15, -0.1) is 24.0 Å². The summed E-state index contributed by atoms with van der Waals surface area (Å²) in [4.78, 5) is 2.16. The fraction of sp³-hybridized carbons (Fsp3) is 1.00. The van der Waals surface area contributed by atoms with Crippen LogP contribution in [0.2, 0.25) is 0 Å². The molecule has 0 radical (unpaired) electrons. The van der Waals surface area contributed by atoms with Crippen LogP contribution in [-0.2, 0) is 4.74 Å². The molecule has 0 N–H and O–H groups in total. The van der Waals surface area contributed by atoms with Crippen LogP contribution in [0.3, 0.4) is 0 Å². The number of rotatable bonds is 1. The van der Waals surface area contributed by atoms with Gasteiger partial charge >= 0.3 is 0 Å². The lowest BCUT2D eigenvalue weighted by Crippen LogP contribution is -2.35. The molecule has 0 atom stereocenters. The summed E-state index contributed by atoms with van der Waals surface area (Å²) < 4.78 is 5.10. The van der Waals surface area contributed by atoms with Crippen molar-refractivity contribution < 1.29 is 4.74 Å². The van der Waals surface area contributed by atoms with Gasteiger partial charge in [0.25, 0.3) is 0 Å². The van der Waals surface area contributed by atoms with Gasteiger partial charge in [-0.05, 0) is 0 Å². The van der Waals surface area contributed by atoms with Gasteiger partial charge in [-0.1, -0.05) is 0 Å². The number of morpholine rings is 1. The van der Waals surface area contributed by atoms with Gasteiger partial charge in [0, 0.05) is 13.1 Å². The highest BCUT2D eigenvalue weighted by atomic mass is 35.5. The number of alkyl halides is 1. The van der Waals surface area contributed by atoms with Gasteiger partial charge in [0.2, 0.25) is 0 Å². The Hall–Kier alpha value is 0.500. The van der Waals surface area contributed by atoms with Gasteiger partial charge in [-0.25, -0.2) is 0 Å². The van der Waals surface area contributed by atoms with Crippen molar-refractivity contribution in [3.8, 4) is 0 Å². The molecule has 1 rings (SSSR count). The molecule has 0 aliphatic carbocycles. The average Bonchev–Trinajstić information content (AvgIpc) is 1.90. The summed E-state index contributed by atoms with van der Waals surface area (Å²) in [5.41, 5.74) is 0. The van der Waals surface area contributed by atoms with Crippen molar-refractivity contribution in [2.75, 3.05) is 32.3 Å². The minimum atomic E-state index is 0. The van der Waals surface area contributed by atoms with Gasteiger partial charge in [-0.2, -0.15) is 0 Å². The molecule has 0 unspecified atom stereocenters. The van der Waals surface area contributed by atoms with E-state index in [2.05, 4.69) is 4.90 Å². The summed E-state index contributed by atoms with van der Waals surface area (Å²) in [6.07, 6.45) is 0. The van der Waals surface area contributed by atoms with Crippen LogP contribution in [0.4, 0.5) is 0 Å². The Morgan fingerprint density at radius 1 is 1.33 bits per heavy atom. The van der Waals surface area contributed by atoms with Crippen molar-refractivity contribution in [2.45, 2.75) is 0 Å². The number of ether oxygens (including phenoxy) is 1. The van der Waals surface area contributed by atoms with E-state index in [1.165, 1.54) is 0 Å². The lowest BCUT2D eigenvalue weighted by atomic mass is 10.5. The summed E-state index contributed by atoms with van der Waals surface area (Å²) >= 11 is 5.55. The largest absolute Gasteiger partial charge is 0.379 e. The number of nitrogens with zero attached hydrogens (tertiary/aromatic N) is 1. The first kappa shape index (κ1) is 9.50. The molecule has 1 heterocycles. The topological polar surface area (TPSA) is 12.5 Å². The molecule has 0 amide bonds. The molecule has 1 aliphatic rings. The third kappa shape index (κ3) is 3.26. The summed E-state index contributed by atoms with van der Waals surface area (Å²) in [6, 6.07) is 0.642. The highest BCUT2D eigenvalue weighted by Crippen LogP contribution is 1.96. The van der Waals surface area contributed by atoms with Gasteiger partial charge in [-0.3, -0.25) is 4.90 Å². The molecule has 0 aromatic carbocycles. The smallest absolute Gasteiger partial charge is 0.0740 e. The summed E-state index contributed by atoms with van der Waals surface area (Å²) in [7, 11) is 0. The van der Waals surface area contributed by atoms with E-state index in [9.17, 15) is 0 Å². The lowest BCUT2D eigenvalue weighted by Gasteiger charge is -2.23. The van der Waals surface area contributed by atoms with Crippen LogP contribution in [0.5, 0.6) is 0 Å². The van der Waals surface area contributed by atoms with Crippen LogP contribution < -0.4 is 0 Å². The van der Waals surface area contributed by atoms with E-state index in [1.807, 2.05) is 0 Å². The summed E-state index contributed by atoms with van der Waals surface area (Å²) in [5.74, 6) is 0. The lowest BCUT2D eigenvalue weighted by molar-refractivity contribution is 0.0466. The van der Waals surface area contributed by atoms with Gasteiger partial charge in [0.1, 0.15) is 0 Å². The van der Waals surface area contributed by atoms with E-state index in [0.717, 1.165) is 26.3 Å². The molecule has 9 heavy (non-hydrogen) atoms. The molecule has 1 aliphatic heterocycles. The molecular weight excluding hydrogens is 161 g/mol. The molecule has 2 nitrogen and oxygen atoms in total. The van der Waals surface area contributed by atoms with Crippen LogP contribution in [-0.4, -0.2) is 37.2 Å². The Labute approximate surface area is 66.5 Å². The maximum Gasteiger partial charge on any atom is 0.0740 e. The Bertz CT molecular complexity index is 66.0. The van der Waals surface area contributed by atoms with E-state index < -0.39 is 0 Å². The average molecular weight is 172 g/mol. The van der Waals surface area contributed by atoms with Gasteiger partial charge in [0.15, 0.2) is 0 Å². The number of hydrogen-bond donors (Lipinski definition) is 0. The van der Waals surface area contributed by atoms with E-state index in [1.54, 1.807) is 0 Å². The Morgan fingerprint density at radius 2 is 1.89 bits per heavy atom. The second-order valence-corrected chi connectivity index (χ2v) is 2.09. The predicted octanol–water partition coefficient (Wildman–Crippen LogP) is 0.937. The van der Waals surface area contributed by atoms with Crippen molar-refractivity contribution in [3.05, 3.63) is 0 Å². The molecule has 1 saturated heterocycles. The maximum atomic E-state index is 5.55. The van der Waals surface area contributed by atoms with Crippen molar-refractivity contribution >= 4 is 24.0 Å². The van der Waals surface area contributed by atoms with E-state index in [4.69, 9.17) is 16.3 Å². The third-order valence-electron chi connectivity index (χ3n) is 1.27. The zero-order valence-electron chi connectivity index (χ0n) is 5.18. The molecule has 0 bridgehead atoms. The van der Waals surface area contributed by atoms with Crippen LogP contribution in [0.1, 0.15) is 0 Å². The molecular formula is C5H11Cl2NO. The minimum absolute atomic E-state index is 0. The normalized spacial score (nSPS) is 21.0. The highest BCUT2D eigenvalue weighted by Gasteiger charge is 2.06. The van der Waals surface area contributed by atoms with Crippen LogP contribution in [0, 0.1) is 0 Å². The fourth-order valence-corrected chi connectivity index (χ4v) is 0.960.